The molecule has 0 radical (unpaired) electrons. The molecule has 82 valence electrons. The third-order valence-corrected chi connectivity index (χ3v) is 2.29. The zero-order valence-corrected chi connectivity index (χ0v) is 9.05. The molecule has 1 N–H and O–H groups in total. The van der Waals surface area contributed by atoms with Crippen LogP contribution >= 0.6 is 0 Å². The van der Waals surface area contributed by atoms with E-state index in [0.717, 1.165) is 11.5 Å². The summed E-state index contributed by atoms with van der Waals surface area (Å²) in [4.78, 5) is 0. The molecule has 3 nitrogen and oxygen atoms in total. The van der Waals surface area contributed by atoms with Crippen molar-refractivity contribution in [1.82, 2.24) is 0 Å². The van der Waals surface area contributed by atoms with Gasteiger partial charge in [-0.05, 0) is 12.5 Å². The molecule has 1 aromatic heterocycles. The number of hydrogen-bond donors (Lipinski definition) is 1. The van der Waals surface area contributed by atoms with Crippen molar-refractivity contribution in [2.45, 2.75) is 13.3 Å². The molecule has 0 saturated carbocycles. The molecular weight excluding hydrogens is 202 g/mol. The summed E-state index contributed by atoms with van der Waals surface area (Å²) in [7, 11) is 0. The van der Waals surface area contributed by atoms with Gasteiger partial charge in [-0.15, -0.1) is 0 Å². The molecular formula is C13H13NO2. The quantitative estimate of drug-likeness (QED) is 0.618. The van der Waals surface area contributed by atoms with Crippen LogP contribution in [0.1, 0.15) is 17.1 Å². The van der Waals surface area contributed by atoms with E-state index in [4.69, 9.17) is 9.62 Å². The van der Waals surface area contributed by atoms with E-state index in [0.29, 0.717) is 11.8 Å². The van der Waals surface area contributed by atoms with Gasteiger partial charge in [-0.25, -0.2) is 0 Å². The highest BCUT2D eigenvalue weighted by Gasteiger charge is 2.00. The maximum absolute atomic E-state index is 8.74. The first kappa shape index (κ1) is 10.5. The summed E-state index contributed by atoms with van der Waals surface area (Å²) in [5.74, 6) is 1.53. The molecule has 1 heterocycles. The molecule has 0 aliphatic rings. The van der Waals surface area contributed by atoms with Crippen LogP contribution in [0.15, 0.2) is 52.0 Å². The van der Waals surface area contributed by atoms with Gasteiger partial charge in [-0.2, -0.15) is 0 Å². The molecule has 3 heteroatoms. The highest BCUT2D eigenvalue weighted by molar-refractivity contribution is 5.20. The lowest BCUT2D eigenvalue weighted by Gasteiger charge is -2.02. The predicted octanol–water partition coefficient (Wildman–Crippen LogP) is 2.47. The van der Waals surface area contributed by atoms with Gasteiger partial charge >= 0.3 is 0 Å². The Kier molecular flexibility index (Phi) is 3.05. The summed E-state index contributed by atoms with van der Waals surface area (Å²) in [5.41, 5.74) is 1.17. The average molecular weight is 215 g/mol. The van der Waals surface area contributed by atoms with Crippen LogP contribution in [0.25, 0.3) is 0 Å². The van der Waals surface area contributed by atoms with Gasteiger partial charge < -0.3 is 9.62 Å². The number of aryl methyl sites for hydroxylation is 1. The van der Waals surface area contributed by atoms with Crippen molar-refractivity contribution in [2.24, 2.45) is 5.16 Å². The summed E-state index contributed by atoms with van der Waals surface area (Å²) in [6.07, 6.45) is 0.699. The summed E-state index contributed by atoms with van der Waals surface area (Å²) in [6.45, 7) is 1.84. The summed E-state index contributed by atoms with van der Waals surface area (Å²) < 4.78 is 5.55. The second kappa shape index (κ2) is 4.66. The zero-order valence-electron chi connectivity index (χ0n) is 9.05. The molecule has 0 spiro atoms. The van der Waals surface area contributed by atoms with Crippen molar-refractivity contribution >= 4 is 0 Å². The fraction of sp³-hybridized carbons (Fsp3) is 0.154. The third-order valence-electron chi connectivity index (χ3n) is 2.29. The normalized spacial score (nSPS) is 11.7. The van der Waals surface area contributed by atoms with Crippen LogP contribution in [0.4, 0.5) is 0 Å². The first-order valence-electron chi connectivity index (χ1n) is 5.10. The smallest absolute Gasteiger partial charge is 0.110 e. The van der Waals surface area contributed by atoms with Gasteiger partial charge in [0.2, 0.25) is 0 Å². The van der Waals surface area contributed by atoms with E-state index >= 15 is 0 Å². The largest absolute Gasteiger partial charge is 0.466 e. The monoisotopic (exact) mass is 215 g/mol. The lowest BCUT2D eigenvalue weighted by Crippen LogP contribution is -2.03. The number of rotatable bonds is 2. The highest BCUT2D eigenvalue weighted by Crippen LogP contribution is 2.08. The van der Waals surface area contributed by atoms with Crippen molar-refractivity contribution in [3.63, 3.8) is 0 Å². The summed E-state index contributed by atoms with van der Waals surface area (Å²) >= 11 is 0. The van der Waals surface area contributed by atoms with E-state index in [1.165, 1.54) is 5.56 Å². The Balaban J connectivity index is 2.32. The predicted molar refractivity (Wildman–Crippen MR) is 60.0 cm³/mol. The maximum Gasteiger partial charge on any atom is 0.110 e. The van der Waals surface area contributed by atoms with Crippen LogP contribution in [0.2, 0.25) is 0 Å². The minimum absolute atomic E-state index is 0.523. The van der Waals surface area contributed by atoms with Crippen LogP contribution in [-0.2, 0) is 6.42 Å². The molecule has 0 amide bonds. The van der Waals surface area contributed by atoms with E-state index in [-0.39, 0.29) is 0 Å². The molecule has 0 unspecified atom stereocenters. The van der Waals surface area contributed by atoms with E-state index in [9.17, 15) is 0 Å². The van der Waals surface area contributed by atoms with E-state index < -0.39 is 0 Å². The standard InChI is InChI=1S/C13H13NO2/c1-10-7-12(14-15)9-13(16-10)8-11-5-3-2-4-6-11/h2-7,9,15H,8H2,1H3. The van der Waals surface area contributed by atoms with E-state index in [2.05, 4.69) is 5.16 Å². The molecule has 2 aromatic rings. The van der Waals surface area contributed by atoms with Crippen LogP contribution in [0.3, 0.4) is 0 Å². The van der Waals surface area contributed by atoms with Gasteiger partial charge in [-0.1, -0.05) is 35.5 Å². The SMILES string of the molecule is Cc1cc(=NO)cc(Cc2ccccc2)o1. The number of hydrogen-bond acceptors (Lipinski definition) is 3. The second-order valence-electron chi connectivity index (χ2n) is 3.65. The minimum atomic E-state index is 0.523. The Hall–Kier alpha value is -2.03. The van der Waals surface area contributed by atoms with Gasteiger partial charge in [0.1, 0.15) is 16.9 Å². The Labute approximate surface area is 93.7 Å². The van der Waals surface area contributed by atoms with Crippen molar-refractivity contribution in [3.8, 4) is 0 Å². The Morgan fingerprint density at radius 1 is 1.19 bits per heavy atom. The fourth-order valence-corrected chi connectivity index (χ4v) is 1.62. The van der Waals surface area contributed by atoms with Crippen molar-refractivity contribution in [3.05, 3.63) is 64.9 Å². The fourth-order valence-electron chi connectivity index (χ4n) is 1.62. The van der Waals surface area contributed by atoms with Crippen LogP contribution in [-0.4, -0.2) is 5.21 Å². The topological polar surface area (TPSA) is 45.7 Å². The van der Waals surface area contributed by atoms with Gasteiger partial charge in [0, 0.05) is 18.6 Å². The van der Waals surface area contributed by atoms with Crippen molar-refractivity contribution in [1.29, 1.82) is 0 Å². The van der Waals surface area contributed by atoms with Gasteiger partial charge in [0.25, 0.3) is 0 Å². The molecule has 0 aliphatic carbocycles. The molecule has 0 aliphatic heterocycles. The van der Waals surface area contributed by atoms with Crippen LogP contribution in [0.5, 0.6) is 0 Å². The third kappa shape index (κ3) is 2.51. The van der Waals surface area contributed by atoms with Gasteiger partial charge in [0.15, 0.2) is 0 Å². The van der Waals surface area contributed by atoms with Crippen LogP contribution < -0.4 is 5.36 Å². The lowest BCUT2D eigenvalue weighted by molar-refractivity contribution is 0.300. The van der Waals surface area contributed by atoms with Gasteiger partial charge in [-0.3, -0.25) is 0 Å². The Bertz CT molecular complexity index is 529. The molecule has 0 atom stereocenters. The van der Waals surface area contributed by atoms with Crippen molar-refractivity contribution < 1.29 is 9.62 Å². The summed E-state index contributed by atoms with van der Waals surface area (Å²) in [5, 5.41) is 12.4. The zero-order chi connectivity index (χ0) is 11.4. The maximum atomic E-state index is 8.74. The van der Waals surface area contributed by atoms with E-state index in [1.807, 2.05) is 37.3 Å². The Morgan fingerprint density at radius 2 is 1.94 bits per heavy atom. The molecule has 0 bridgehead atoms. The van der Waals surface area contributed by atoms with E-state index in [1.54, 1.807) is 12.1 Å². The van der Waals surface area contributed by atoms with Gasteiger partial charge in [0.05, 0.1) is 0 Å². The van der Waals surface area contributed by atoms with Crippen molar-refractivity contribution in [2.75, 3.05) is 0 Å². The number of benzene rings is 1. The first-order chi connectivity index (χ1) is 7.78. The van der Waals surface area contributed by atoms with Crippen LogP contribution in [0, 0.1) is 6.92 Å². The lowest BCUT2D eigenvalue weighted by atomic mass is 10.1. The minimum Gasteiger partial charge on any atom is -0.466 e. The Morgan fingerprint density at radius 3 is 2.62 bits per heavy atom. The summed E-state index contributed by atoms with van der Waals surface area (Å²) in [6, 6.07) is 13.5. The first-order valence-corrected chi connectivity index (χ1v) is 5.10. The molecule has 0 saturated heterocycles. The molecule has 1 aromatic carbocycles. The highest BCUT2D eigenvalue weighted by atomic mass is 16.4. The number of nitrogens with zero attached hydrogens (tertiary/aromatic N) is 1. The molecule has 0 fully saturated rings. The second-order valence-corrected chi connectivity index (χ2v) is 3.65. The molecule has 2 rings (SSSR count). The average Bonchev–Trinajstić information content (AvgIpc) is 2.29. The molecule has 16 heavy (non-hydrogen) atoms.